The van der Waals surface area contributed by atoms with Crippen molar-refractivity contribution in [2.75, 3.05) is 6.54 Å². The lowest BCUT2D eigenvalue weighted by Crippen LogP contribution is -2.38. The van der Waals surface area contributed by atoms with E-state index in [1.54, 1.807) is 6.26 Å². The number of furan rings is 1. The van der Waals surface area contributed by atoms with Crippen molar-refractivity contribution in [1.82, 2.24) is 0 Å². The van der Waals surface area contributed by atoms with Crippen molar-refractivity contribution < 1.29 is 4.42 Å². The molecule has 1 heterocycles. The Bertz CT molecular complexity index is 317. The predicted molar refractivity (Wildman–Crippen MR) is 66.1 cm³/mol. The zero-order valence-corrected chi connectivity index (χ0v) is 10.5. The van der Waals surface area contributed by atoms with E-state index in [0.29, 0.717) is 10.8 Å². The van der Waals surface area contributed by atoms with Crippen molar-refractivity contribution >= 4 is 0 Å². The lowest BCUT2D eigenvalue weighted by molar-refractivity contribution is 0.108. The van der Waals surface area contributed by atoms with Crippen LogP contribution in [0.5, 0.6) is 0 Å². The van der Waals surface area contributed by atoms with Crippen LogP contribution in [0.15, 0.2) is 23.0 Å². The van der Waals surface area contributed by atoms with Crippen LogP contribution in [0.3, 0.4) is 0 Å². The Morgan fingerprint density at radius 2 is 1.94 bits per heavy atom. The quantitative estimate of drug-likeness (QED) is 0.850. The molecule has 2 nitrogen and oxygen atoms in total. The van der Waals surface area contributed by atoms with Gasteiger partial charge in [-0.25, -0.2) is 0 Å². The molecular formula is C14H23NO. The molecule has 2 N–H and O–H groups in total. The number of rotatable bonds is 3. The fourth-order valence-electron chi connectivity index (χ4n) is 2.74. The monoisotopic (exact) mass is 221 g/mol. The number of hydrogen-bond donors (Lipinski definition) is 1. The maximum Gasteiger partial charge on any atom is 0.0934 e. The fourth-order valence-corrected chi connectivity index (χ4v) is 2.74. The Balaban J connectivity index is 2.04. The summed E-state index contributed by atoms with van der Waals surface area (Å²) >= 11 is 0. The summed E-state index contributed by atoms with van der Waals surface area (Å²) in [4.78, 5) is 0. The largest absolute Gasteiger partial charge is 0.472 e. The van der Waals surface area contributed by atoms with E-state index < -0.39 is 0 Å². The molecule has 0 bridgehead atoms. The highest BCUT2D eigenvalue weighted by Crippen LogP contribution is 2.46. The van der Waals surface area contributed by atoms with Crippen LogP contribution in [0.2, 0.25) is 0 Å². The lowest BCUT2D eigenvalue weighted by atomic mass is 9.63. The van der Waals surface area contributed by atoms with Crippen LogP contribution in [0.1, 0.15) is 45.1 Å². The Morgan fingerprint density at radius 3 is 2.44 bits per heavy atom. The molecule has 16 heavy (non-hydrogen) atoms. The van der Waals surface area contributed by atoms with Crippen molar-refractivity contribution in [1.29, 1.82) is 0 Å². The van der Waals surface area contributed by atoms with Gasteiger partial charge in [-0.3, -0.25) is 0 Å². The smallest absolute Gasteiger partial charge is 0.0934 e. The van der Waals surface area contributed by atoms with Crippen LogP contribution in [0.4, 0.5) is 0 Å². The van der Waals surface area contributed by atoms with E-state index >= 15 is 0 Å². The summed E-state index contributed by atoms with van der Waals surface area (Å²) in [5, 5.41) is 0. The van der Waals surface area contributed by atoms with E-state index in [1.807, 2.05) is 6.26 Å². The highest BCUT2D eigenvalue weighted by atomic mass is 16.3. The van der Waals surface area contributed by atoms with E-state index in [2.05, 4.69) is 19.9 Å². The van der Waals surface area contributed by atoms with Gasteiger partial charge in [0.1, 0.15) is 0 Å². The van der Waals surface area contributed by atoms with Crippen molar-refractivity contribution in [3.8, 4) is 0 Å². The van der Waals surface area contributed by atoms with Crippen LogP contribution < -0.4 is 5.73 Å². The molecule has 2 rings (SSSR count). The summed E-state index contributed by atoms with van der Waals surface area (Å²) in [7, 11) is 0. The second-order valence-corrected chi connectivity index (χ2v) is 6.18. The lowest BCUT2D eigenvalue weighted by Gasteiger charge is -2.43. The first-order valence-corrected chi connectivity index (χ1v) is 6.27. The fraction of sp³-hybridized carbons (Fsp3) is 0.714. The molecule has 1 aliphatic carbocycles. The molecular weight excluding hydrogens is 198 g/mol. The van der Waals surface area contributed by atoms with Crippen LogP contribution in [0.25, 0.3) is 0 Å². The summed E-state index contributed by atoms with van der Waals surface area (Å²) in [6, 6.07) is 2.07. The molecule has 0 amide bonds. The van der Waals surface area contributed by atoms with E-state index in [1.165, 1.54) is 31.2 Å². The van der Waals surface area contributed by atoms with Crippen LogP contribution in [0, 0.1) is 10.8 Å². The van der Waals surface area contributed by atoms with Gasteiger partial charge >= 0.3 is 0 Å². The van der Waals surface area contributed by atoms with Crippen molar-refractivity contribution in [3.63, 3.8) is 0 Å². The van der Waals surface area contributed by atoms with Gasteiger partial charge in [0.15, 0.2) is 0 Å². The van der Waals surface area contributed by atoms with Crippen molar-refractivity contribution in [2.24, 2.45) is 16.6 Å². The summed E-state index contributed by atoms with van der Waals surface area (Å²) in [6.45, 7) is 5.53. The third-order valence-electron chi connectivity index (χ3n) is 4.26. The van der Waals surface area contributed by atoms with Gasteiger partial charge in [-0.2, -0.15) is 0 Å². The van der Waals surface area contributed by atoms with Crippen LogP contribution in [-0.2, 0) is 6.42 Å². The summed E-state index contributed by atoms with van der Waals surface area (Å²) in [6.07, 6.45) is 9.78. The second kappa shape index (κ2) is 4.25. The first kappa shape index (κ1) is 11.7. The highest BCUT2D eigenvalue weighted by Gasteiger charge is 2.37. The molecule has 0 atom stereocenters. The molecule has 0 spiro atoms. The van der Waals surface area contributed by atoms with Crippen LogP contribution >= 0.6 is 0 Å². The SMILES string of the molecule is CC1(C)CCC(CN)(Cc2ccoc2)CC1. The van der Waals surface area contributed by atoms with Gasteiger partial charge in [-0.1, -0.05) is 13.8 Å². The minimum Gasteiger partial charge on any atom is -0.472 e. The maximum atomic E-state index is 6.01. The van der Waals surface area contributed by atoms with Crippen molar-refractivity contribution in [2.45, 2.75) is 46.0 Å². The maximum absolute atomic E-state index is 6.01. The average Bonchev–Trinajstić information content (AvgIpc) is 2.74. The van der Waals surface area contributed by atoms with Crippen molar-refractivity contribution in [3.05, 3.63) is 24.2 Å². The Labute approximate surface area is 98.2 Å². The first-order chi connectivity index (χ1) is 7.55. The molecule has 0 saturated heterocycles. The van der Waals surface area contributed by atoms with Crippen LogP contribution in [-0.4, -0.2) is 6.54 Å². The van der Waals surface area contributed by atoms with Gasteiger partial charge in [-0.15, -0.1) is 0 Å². The standard InChI is InChI=1S/C14H23NO/c1-13(2)4-6-14(11-15,7-5-13)9-12-3-8-16-10-12/h3,8,10H,4-7,9,11,15H2,1-2H3. The molecule has 1 aliphatic rings. The average molecular weight is 221 g/mol. The molecule has 1 aromatic rings. The minimum absolute atomic E-state index is 0.319. The minimum atomic E-state index is 0.319. The Hall–Kier alpha value is -0.760. The Morgan fingerprint density at radius 1 is 1.25 bits per heavy atom. The Kier molecular flexibility index (Phi) is 3.11. The highest BCUT2D eigenvalue weighted by molar-refractivity contribution is 5.10. The van der Waals surface area contributed by atoms with Gasteiger partial charge in [-0.05, 0) is 61.1 Å². The van der Waals surface area contributed by atoms with Gasteiger partial charge in [0.25, 0.3) is 0 Å². The molecule has 0 unspecified atom stereocenters. The third kappa shape index (κ3) is 2.49. The van der Waals surface area contributed by atoms with E-state index in [9.17, 15) is 0 Å². The summed E-state index contributed by atoms with van der Waals surface area (Å²) < 4.78 is 5.15. The molecule has 90 valence electrons. The molecule has 0 aromatic carbocycles. The van der Waals surface area contributed by atoms with E-state index in [-0.39, 0.29) is 0 Å². The number of hydrogen-bond acceptors (Lipinski definition) is 2. The summed E-state index contributed by atoms with van der Waals surface area (Å²) in [5.41, 5.74) is 8.14. The normalized spacial score (nSPS) is 23.2. The molecule has 1 aromatic heterocycles. The zero-order chi connectivity index (χ0) is 11.6. The topological polar surface area (TPSA) is 39.2 Å². The zero-order valence-electron chi connectivity index (χ0n) is 10.5. The summed E-state index contributed by atoms with van der Waals surface area (Å²) in [5.74, 6) is 0. The molecule has 1 saturated carbocycles. The van der Waals surface area contributed by atoms with E-state index in [0.717, 1.165) is 13.0 Å². The van der Waals surface area contributed by atoms with Gasteiger partial charge in [0.2, 0.25) is 0 Å². The first-order valence-electron chi connectivity index (χ1n) is 6.27. The van der Waals surface area contributed by atoms with Gasteiger partial charge in [0, 0.05) is 0 Å². The van der Waals surface area contributed by atoms with Gasteiger partial charge < -0.3 is 10.2 Å². The molecule has 2 heteroatoms. The molecule has 1 fully saturated rings. The number of nitrogens with two attached hydrogens (primary N) is 1. The third-order valence-corrected chi connectivity index (χ3v) is 4.26. The second-order valence-electron chi connectivity index (χ2n) is 6.18. The van der Waals surface area contributed by atoms with Gasteiger partial charge in [0.05, 0.1) is 12.5 Å². The van der Waals surface area contributed by atoms with E-state index in [4.69, 9.17) is 10.2 Å². The predicted octanol–water partition coefficient (Wildman–Crippen LogP) is 3.37. The molecule has 0 radical (unpaired) electrons. The molecule has 0 aliphatic heterocycles.